The molecule has 0 saturated heterocycles. The number of unbranched alkanes of at least 4 members (excludes halogenated alkanes) is 10. The largest absolute Gasteiger partial charge is 0.396 e. The first-order valence-electron chi connectivity index (χ1n) is 8.50. The highest BCUT2D eigenvalue weighted by atomic mass is 16.3. The van der Waals surface area contributed by atoms with E-state index >= 15 is 0 Å². The van der Waals surface area contributed by atoms with E-state index in [0.29, 0.717) is 6.42 Å². The maximum atomic E-state index is 8.86. The highest BCUT2D eigenvalue weighted by Crippen LogP contribution is 2.14. The summed E-state index contributed by atoms with van der Waals surface area (Å²) in [4.78, 5) is 2.84. The second kappa shape index (κ2) is 16.3. The normalized spacial score (nSPS) is 12.1. The Balaban J connectivity index is 3.24. The lowest BCUT2D eigenvalue weighted by Gasteiger charge is -2.08. The minimum absolute atomic E-state index is 0.0106. The zero-order chi connectivity index (χ0) is 14.9. The summed E-state index contributed by atoms with van der Waals surface area (Å²) in [6.07, 6.45) is 16.1. The van der Waals surface area contributed by atoms with Gasteiger partial charge in [-0.05, 0) is 18.4 Å². The molecule has 0 rings (SSSR count). The molecule has 0 unspecified atom stereocenters. The Kier molecular flexibility index (Phi) is 15.7. The van der Waals surface area contributed by atoms with Crippen molar-refractivity contribution in [2.45, 2.75) is 96.4 Å². The quantitative estimate of drug-likeness (QED) is 0.177. The summed E-state index contributed by atoms with van der Waals surface area (Å²) < 4.78 is 0. The van der Waals surface area contributed by atoms with Gasteiger partial charge in [-0.3, -0.25) is 0 Å². The van der Waals surface area contributed by atoms with Crippen molar-refractivity contribution in [2.24, 2.45) is 5.11 Å². The van der Waals surface area contributed by atoms with Crippen molar-refractivity contribution in [3.8, 4) is 0 Å². The van der Waals surface area contributed by atoms with Crippen LogP contribution in [-0.2, 0) is 0 Å². The molecule has 0 radical (unpaired) electrons. The first-order valence-corrected chi connectivity index (χ1v) is 8.50. The predicted octanol–water partition coefficient (Wildman–Crippen LogP) is 5.75. The molecule has 4 nitrogen and oxygen atoms in total. The average Bonchev–Trinajstić information content (AvgIpc) is 2.45. The van der Waals surface area contributed by atoms with Crippen LogP contribution in [0.25, 0.3) is 10.4 Å². The average molecular weight is 283 g/mol. The Morgan fingerprint density at radius 2 is 1.35 bits per heavy atom. The van der Waals surface area contributed by atoms with Gasteiger partial charge in [0.15, 0.2) is 0 Å². The van der Waals surface area contributed by atoms with Gasteiger partial charge in [0.2, 0.25) is 0 Å². The highest BCUT2D eigenvalue weighted by Gasteiger charge is 2.04. The minimum Gasteiger partial charge on any atom is -0.396 e. The SMILES string of the molecule is CCCCCCCCCCCCC[C@H](CCO)N=[N+]=[N-]. The van der Waals surface area contributed by atoms with Crippen molar-refractivity contribution in [3.63, 3.8) is 0 Å². The molecule has 0 aliphatic carbocycles. The maximum Gasteiger partial charge on any atom is 0.0434 e. The molecule has 0 bridgehead atoms. The Labute approximate surface area is 124 Å². The Morgan fingerprint density at radius 3 is 1.80 bits per heavy atom. The minimum atomic E-state index is -0.0106. The molecular weight excluding hydrogens is 250 g/mol. The number of azide groups is 1. The van der Waals surface area contributed by atoms with Gasteiger partial charge in [-0.25, -0.2) is 0 Å². The molecule has 1 atom stereocenters. The summed E-state index contributed by atoms with van der Waals surface area (Å²) in [7, 11) is 0. The zero-order valence-electron chi connectivity index (χ0n) is 13.3. The molecule has 0 aliphatic rings. The Morgan fingerprint density at radius 1 is 0.850 bits per heavy atom. The smallest absolute Gasteiger partial charge is 0.0434 e. The topological polar surface area (TPSA) is 69.0 Å². The molecule has 0 aromatic heterocycles. The van der Waals surface area contributed by atoms with Crippen molar-refractivity contribution in [3.05, 3.63) is 10.4 Å². The Hall–Kier alpha value is -0.730. The van der Waals surface area contributed by atoms with Crippen LogP contribution in [0.1, 0.15) is 90.4 Å². The molecule has 0 heterocycles. The molecule has 0 aromatic rings. The van der Waals surface area contributed by atoms with Gasteiger partial charge >= 0.3 is 0 Å². The summed E-state index contributed by atoms with van der Waals surface area (Å²) in [5, 5.41) is 12.6. The summed E-state index contributed by atoms with van der Waals surface area (Å²) in [6, 6.07) is -0.0106. The predicted molar refractivity (Wildman–Crippen MR) is 85.7 cm³/mol. The van der Waals surface area contributed by atoms with Crippen LogP contribution in [0.5, 0.6) is 0 Å². The van der Waals surface area contributed by atoms with Gasteiger partial charge in [0.25, 0.3) is 0 Å². The molecule has 4 heteroatoms. The van der Waals surface area contributed by atoms with Gasteiger partial charge < -0.3 is 5.11 Å². The van der Waals surface area contributed by atoms with Crippen molar-refractivity contribution in [1.82, 2.24) is 0 Å². The lowest BCUT2D eigenvalue weighted by atomic mass is 10.0. The number of hydrogen-bond acceptors (Lipinski definition) is 2. The van der Waals surface area contributed by atoms with Crippen LogP contribution in [0.4, 0.5) is 0 Å². The van der Waals surface area contributed by atoms with Crippen LogP contribution in [0.3, 0.4) is 0 Å². The molecule has 0 spiro atoms. The number of hydrogen-bond donors (Lipinski definition) is 1. The van der Waals surface area contributed by atoms with Gasteiger partial charge in [-0.15, -0.1) is 0 Å². The fourth-order valence-corrected chi connectivity index (χ4v) is 2.53. The van der Waals surface area contributed by atoms with E-state index in [4.69, 9.17) is 10.6 Å². The molecule has 1 N–H and O–H groups in total. The van der Waals surface area contributed by atoms with Crippen LogP contribution in [0, 0.1) is 0 Å². The van der Waals surface area contributed by atoms with Crippen LogP contribution < -0.4 is 0 Å². The summed E-state index contributed by atoms with van der Waals surface area (Å²) in [5.41, 5.74) is 8.42. The van der Waals surface area contributed by atoms with E-state index in [1.165, 1.54) is 64.2 Å². The lowest BCUT2D eigenvalue weighted by Crippen LogP contribution is -2.05. The summed E-state index contributed by atoms with van der Waals surface area (Å²) >= 11 is 0. The second-order valence-corrected chi connectivity index (χ2v) is 5.70. The second-order valence-electron chi connectivity index (χ2n) is 5.70. The van der Waals surface area contributed by atoms with Crippen LogP contribution in [-0.4, -0.2) is 17.8 Å². The molecular formula is C16H33N3O. The number of nitrogens with zero attached hydrogens (tertiary/aromatic N) is 3. The number of aliphatic hydroxyl groups excluding tert-OH is 1. The fraction of sp³-hybridized carbons (Fsp3) is 1.00. The third-order valence-corrected chi connectivity index (χ3v) is 3.82. The molecule has 20 heavy (non-hydrogen) atoms. The van der Waals surface area contributed by atoms with E-state index in [1.54, 1.807) is 0 Å². The summed E-state index contributed by atoms with van der Waals surface area (Å²) in [6.45, 7) is 2.37. The standard InChI is InChI=1S/C16H33N3O/c1-2-3-4-5-6-7-8-9-10-11-12-13-16(14-15-20)18-19-17/h16,20H,2-15H2,1H3/t16-/m1/s1. The third-order valence-electron chi connectivity index (χ3n) is 3.82. The van der Waals surface area contributed by atoms with E-state index in [2.05, 4.69) is 16.9 Å². The van der Waals surface area contributed by atoms with Gasteiger partial charge in [-0.1, -0.05) is 82.7 Å². The summed E-state index contributed by atoms with van der Waals surface area (Å²) in [5.74, 6) is 0. The first kappa shape index (κ1) is 19.3. The van der Waals surface area contributed by atoms with Gasteiger partial charge in [-0.2, -0.15) is 0 Å². The third kappa shape index (κ3) is 13.7. The van der Waals surface area contributed by atoms with Gasteiger partial charge in [0, 0.05) is 17.6 Å². The lowest BCUT2D eigenvalue weighted by molar-refractivity contribution is 0.271. The van der Waals surface area contributed by atoms with Crippen LogP contribution in [0.15, 0.2) is 5.11 Å². The Bertz CT molecular complexity index is 240. The van der Waals surface area contributed by atoms with E-state index in [9.17, 15) is 0 Å². The number of rotatable bonds is 15. The van der Waals surface area contributed by atoms with Gasteiger partial charge in [0.1, 0.15) is 0 Å². The highest BCUT2D eigenvalue weighted by molar-refractivity contribution is 4.66. The molecule has 0 aromatic carbocycles. The monoisotopic (exact) mass is 283 g/mol. The zero-order valence-corrected chi connectivity index (χ0v) is 13.3. The van der Waals surface area contributed by atoms with Crippen LogP contribution in [0.2, 0.25) is 0 Å². The van der Waals surface area contributed by atoms with E-state index in [0.717, 1.165) is 12.8 Å². The molecule has 0 aliphatic heterocycles. The van der Waals surface area contributed by atoms with Crippen LogP contribution >= 0.6 is 0 Å². The van der Waals surface area contributed by atoms with Crippen molar-refractivity contribution >= 4 is 0 Å². The molecule has 0 saturated carbocycles. The van der Waals surface area contributed by atoms with E-state index in [-0.39, 0.29) is 12.6 Å². The molecule has 118 valence electrons. The molecule has 0 amide bonds. The number of aliphatic hydroxyl groups is 1. The molecule has 0 fully saturated rings. The van der Waals surface area contributed by atoms with Crippen molar-refractivity contribution < 1.29 is 5.11 Å². The fourth-order valence-electron chi connectivity index (χ4n) is 2.53. The first-order chi connectivity index (χ1) is 9.85. The van der Waals surface area contributed by atoms with E-state index in [1.807, 2.05) is 0 Å². The van der Waals surface area contributed by atoms with Gasteiger partial charge in [0.05, 0.1) is 0 Å². The van der Waals surface area contributed by atoms with E-state index < -0.39 is 0 Å². The maximum absolute atomic E-state index is 8.86. The van der Waals surface area contributed by atoms with Crippen molar-refractivity contribution in [2.75, 3.05) is 6.61 Å². The van der Waals surface area contributed by atoms with Crippen molar-refractivity contribution in [1.29, 1.82) is 0 Å².